The molecule has 2 aliphatic heterocycles. The van der Waals surface area contributed by atoms with Crippen LogP contribution in [-0.4, -0.2) is 62.3 Å². The van der Waals surface area contributed by atoms with Crippen LogP contribution in [0.1, 0.15) is 26.7 Å². The van der Waals surface area contributed by atoms with Gasteiger partial charge in [0.25, 0.3) is 0 Å². The van der Waals surface area contributed by atoms with Gasteiger partial charge >= 0.3 is 18.0 Å². The number of esters is 2. The van der Waals surface area contributed by atoms with Gasteiger partial charge in [-0.05, 0) is 33.2 Å². The topological polar surface area (TPSA) is 97.0 Å². The molecule has 0 saturated carbocycles. The maximum atomic E-state index is 12.1. The van der Waals surface area contributed by atoms with Gasteiger partial charge in [0.2, 0.25) is 0 Å². The van der Waals surface area contributed by atoms with Gasteiger partial charge in [0.1, 0.15) is 0 Å². The quantitative estimate of drug-likeness (QED) is 0.680. The number of ether oxygens (including phenoxy) is 2. The molecule has 0 radical (unpaired) electrons. The van der Waals surface area contributed by atoms with Crippen molar-refractivity contribution >= 4 is 18.0 Å². The predicted octanol–water partition coefficient (Wildman–Crippen LogP) is 0.392. The van der Waals surface area contributed by atoms with E-state index in [0.717, 1.165) is 19.4 Å². The van der Waals surface area contributed by atoms with Crippen molar-refractivity contribution in [2.24, 2.45) is 5.92 Å². The van der Waals surface area contributed by atoms with E-state index in [4.69, 9.17) is 9.47 Å². The average Bonchev–Trinajstić information content (AvgIpc) is 2.55. The van der Waals surface area contributed by atoms with E-state index in [0.29, 0.717) is 31.0 Å². The van der Waals surface area contributed by atoms with E-state index in [1.165, 1.54) is 0 Å². The second kappa shape index (κ2) is 8.68. The molecule has 0 aliphatic carbocycles. The standard InChI is InChI=1S/C16H25N3O5/c1-3-23-14(20)11-6-5-7-19(9-11)10-13-12(15(21)24-4-2)8-17-16(22)18-13/h11H,3-10H2,1-2H3,(H2,17,18,22)/t11-/m0/s1. The third kappa shape index (κ3) is 4.70. The second-order valence-corrected chi connectivity index (χ2v) is 5.81. The number of nitrogens with one attached hydrogen (secondary N) is 2. The molecule has 24 heavy (non-hydrogen) atoms. The molecule has 1 atom stereocenters. The summed E-state index contributed by atoms with van der Waals surface area (Å²) in [6.45, 7) is 6.08. The van der Waals surface area contributed by atoms with E-state index in [-0.39, 0.29) is 31.1 Å². The first-order valence-corrected chi connectivity index (χ1v) is 8.38. The Morgan fingerprint density at radius 3 is 2.71 bits per heavy atom. The van der Waals surface area contributed by atoms with Gasteiger partial charge in [-0.3, -0.25) is 9.69 Å². The van der Waals surface area contributed by atoms with Crippen LogP contribution in [0.15, 0.2) is 11.3 Å². The number of urea groups is 1. The molecule has 0 aromatic carbocycles. The van der Waals surface area contributed by atoms with Crippen molar-refractivity contribution in [2.75, 3.05) is 39.4 Å². The van der Waals surface area contributed by atoms with Crippen LogP contribution < -0.4 is 10.6 Å². The molecule has 134 valence electrons. The number of carbonyl (C=O) groups is 3. The molecule has 2 amide bonds. The molecule has 2 N–H and O–H groups in total. The Kier molecular flexibility index (Phi) is 6.60. The van der Waals surface area contributed by atoms with Gasteiger partial charge in [0, 0.05) is 18.8 Å². The van der Waals surface area contributed by atoms with Crippen molar-refractivity contribution in [1.29, 1.82) is 0 Å². The minimum absolute atomic E-state index is 0.148. The summed E-state index contributed by atoms with van der Waals surface area (Å²) in [6, 6.07) is -0.336. The fourth-order valence-corrected chi connectivity index (χ4v) is 2.96. The Labute approximate surface area is 141 Å². The smallest absolute Gasteiger partial charge is 0.337 e. The lowest BCUT2D eigenvalue weighted by molar-refractivity contribution is -0.150. The largest absolute Gasteiger partial charge is 0.466 e. The van der Waals surface area contributed by atoms with Gasteiger partial charge in [-0.25, -0.2) is 9.59 Å². The van der Waals surface area contributed by atoms with E-state index in [2.05, 4.69) is 15.5 Å². The number of carbonyl (C=O) groups excluding carboxylic acids is 3. The fourth-order valence-electron chi connectivity index (χ4n) is 2.96. The lowest BCUT2D eigenvalue weighted by Crippen LogP contribution is -2.48. The monoisotopic (exact) mass is 339 g/mol. The van der Waals surface area contributed by atoms with E-state index < -0.39 is 5.97 Å². The van der Waals surface area contributed by atoms with Gasteiger partial charge < -0.3 is 20.1 Å². The first kappa shape index (κ1) is 18.3. The van der Waals surface area contributed by atoms with Crippen LogP contribution in [-0.2, 0) is 19.1 Å². The molecule has 2 rings (SSSR count). The zero-order chi connectivity index (χ0) is 17.5. The SMILES string of the molecule is CCOC(=O)C1=C(CN2CCC[C@H](C(=O)OCC)C2)NC(=O)NC1. The molecule has 0 aromatic heterocycles. The second-order valence-electron chi connectivity index (χ2n) is 5.81. The van der Waals surface area contributed by atoms with Gasteiger partial charge in [-0.15, -0.1) is 0 Å². The predicted molar refractivity (Wildman–Crippen MR) is 86.0 cm³/mol. The molecular weight excluding hydrogens is 314 g/mol. The summed E-state index contributed by atoms with van der Waals surface area (Å²) in [7, 11) is 0. The first-order chi connectivity index (χ1) is 11.5. The highest BCUT2D eigenvalue weighted by Gasteiger charge is 2.30. The van der Waals surface area contributed by atoms with Gasteiger partial charge in [0.05, 0.1) is 31.2 Å². The third-order valence-corrected chi connectivity index (χ3v) is 4.08. The van der Waals surface area contributed by atoms with Gasteiger partial charge in [-0.2, -0.15) is 0 Å². The number of rotatable bonds is 6. The Morgan fingerprint density at radius 1 is 1.25 bits per heavy atom. The zero-order valence-corrected chi connectivity index (χ0v) is 14.2. The lowest BCUT2D eigenvalue weighted by Gasteiger charge is -2.33. The highest BCUT2D eigenvalue weighted by Crippen LogP contribution is 2.20. The molecule has 8 heteroatoms. The number of hydrogen-bond donors (Lipinski definition) is 2. The van der Waals surface area contributed by atoms with Crippen molar-refractivity contribution < 1.29 is 23.9 Å². The molecule has 0 aromatic rings. The highest BCUT2D eigenvalue weighted by molar-refractivity contribution is 5.93. The molecule has 0 unspecified atom stereocenters. The lowest BCUT2D eigenvalue weighted by atomic mass is 9.97. The van der Waals surface area contributed by atoms with Gasteiger partial charge in [0.15, 0.2) is 0 Å². The molecule has 2 heterocycles. The van der Waals surface area contributed by atoms with E-state index in [9.17, 15) is 14.4 Å². The van der Waals surface area contributed by atoms with Gasteiger partial charge in [-0.1, -0.05) is 0 Å². The van der Waals surface area contributed by atoms with Crippen LogP contribution in [0.5, 0.6) is 0 Å². The van der Waals surface area contributed by atoms with Crippen LogP contribution in [0.3, 0.4) is 0 Å². The number of hydrogen-bond acceptors (Lipinski definition) is 6. The maximum absolute atomic E-state index is 12.1. The van der Waals surface area contributed by atoms with Crippen molar-refractivity contribution in [2.45, 2.75) is 26.7 Å². The Morgan fingerprint density at radius 2 is 2.00 bits per heavy atom. The summed E-state index contributed by atoms with van der Waals surface area (Å²) in [5.74, 6) is -0.780. The Bertz CT molecular complexity index is 532. The Balaban J connectivity index is 2.06. The Hall–Kier alpha value is -2.09. The maximum Gasteiger partial charge on any atom is 0.337 e. The highest BCUT2D eigenvalue weighted by atomic mass is 16.5. The van der Waals surface area contributed by atoms with Crippen molar-refractivity contribution in [3.63, 3.8) is 0 Å². The molecular formula is C16H25N3O5. The van der Waals surface area contributed by atoms with Crippen LogP contribution >= 0.6 is 0 Å². The number of amides is 2. The summed E-state index contributed by atoms with van der Waals surface area (Å²) in [5, 5.41) is 5.27. The molecule has 0 spiro atoms. The summed E-state index contributed by atoms with van der Waals surface area (Å²) in [5.41, 5.74) is 0.969. The van der Waals surface area contributed by atoms with Crippen LogP contribution in [0, 0.1) is 5.92 Å². The minimum Gasteiger partial charge on any atom is -0.466 e. The van der Waals surface area contributed by atoms with Crippen molar-refractivity contribution in [3.05, 3.63) is 11.3 Å². The summed E-state index contributed by atoms with van der Waals surface area (Å²) >= 11 is 0. The van der Waals surface area contributed by atoms with E-state index >= 15 is 0 Å². The summed E-state index contributed by atoms with van der Waals surface area (Å²) in [6.07, 6.45) is 1.67. The molecule has 0 bridgehead atoms. The zero-order valence-electron chi connectivity index (χ0n) is 14.2. The fraction of sp³-hybridized carbons (Fsp3) is 0.688. The normalized spacial score (nSPS) is 21.8. The molecule has 1 fully saturated rings. The molecule has 1 saturated heterocycles. The van der Waals surface area contributed by atoms with Crippen molar-refractivity contribution in [3.8, 4) is 0 Å². The van der Waals surface area contributed by atoms with E-state index in [1.54, 1.807) is 13.8 Å². The average molecular weight is 339 g/mol. The van der Waals surface area contributed by atoms with E-state index in [1.807, 2.05) is 0 Å². The van der Waals surface area contributed by atoms with Crippen molar-refractivity contribution in [1.82, 2.24) is 15.5 Å². The number of likely N-dealkylation sites (tertiary alicyclic amines) is 1. The molecule has 2 aliphatic rings. The number of piperidine rings is 1. The van der Waals surface area contributed by atoms with Crippen LogP contribution in [0.4, 0.5) is 4.79 Å². The number of nitrogens with zero attached hydrogens (tertiary/aromatic N) is 1. The minimum atomic E-state index is -0.432. The molecule has 8 nitrogen and oxygen atoms in total. The summed E-state index contributed by atoms with van der Waals surface area (Å²) in [4.78, 5) is 37.6. The third-order valence-electron chi connectivity index (χ3n) is 4.08. The van der Waals surface area contributed by atoms with Crippen LogP contribution in [0.25, 0.3) is 0 Å². The first-order valence-electron chi connectivity index (χ1n) is 8.38. The van der Waals surface area contributed by atoms with Crippen LogP contribution in [0.2, 0.25) is 0 Å². The summed E-state index contributed by atoms with van der Waals surface area (Å²) < 4.78 is 10.1.